The molecule has 0 spiro atoms. The number of aromatic nitrogens is 2. The van der Waals surface area contributed by atoms with Gasteiger partial charge in [-0.05, 0) is 18.2 Å². The van der Waals surface area contributed by atoms with Crippen molar-refractivity contribution >= 4 is 27.0 Å². The zero-order chi connectivity index (χ0) is 10.8. The lowest BCUT2D eigenvalue weighted by Crippen LogP contribution is -2.22. The van der Waals surface area contributed by atoms with Gasteiger partial charge in [0.25, 0.3) is 0 Å². The van der Waals surface area contributed by atoms with Crippen molar-refractivity contribution in [3.63, 3.8) is 0 Å². The number of hydrogen-bond acceptors (Lipinski definition) is 3. The summed E-state index contributed by atoms with van der Waals surface area (Å²) in [5.41, 5.74) is 7.88. The number of fused-ring (bicyclic) bond motifs is 1. The van der Waals surface area contributed by atoms with E-state index in [-0.39, 0.29) is 6.17 Å². The lowest BCUT2D eigenvalue weighted by molar-refractivity contribution is 0.159. The molecule has 5 heteroatoms. The Morgan fingerprint density at radius 3 is 3.13 bits per heavy atom. The van der Waals surface area contributed by atoms with Crippen LogP contribution in [0.2, 0.25) is 0 Å². The molecule has 0 unspecified atom stereocenters. The average Bonchev–Trinajstić information content (AvgIpc) is 2.60. The summed E-state index contributed by atoms with van der Waals surface area (Å²) < 4.78 is 7.94. The van der Waals surface area contributed by atoms with Crippen molar-refractivity contribution in [3.05, 3.63) is 29.0 Å². The van der Waals surface area contributed by atoms with Crippen LogP contribution in [0.4, 0.5) is 0 Å². The molecule has 0 aliphatic carbocycles. The van der Waals surface area contributed by atoms with Gasteiger partial charge in [0.15, 0.2) is 0 Å². The molecule has 15 heavy (non-hydrogen) atoms. The molecule has 0 amide bonds. The van der Waals surface area contributed by atoms with Gasteiger partial charge >= 0.3 is 0 Å². The maximum Gasteiger partial charge on any atom is 0.107 e. The van der Waals surface area contributed by atoms with Gasteiger partial charge in [0, 0.05) is 11.6 Å². The molecule has 2 aromatic rings. The summed E-state index contributed by atoms with van der Waals surface area (Å²) in [4.78, 5) is 4.28. The lowest BCUT2D eigenvalue weighted by atomic mass is 10.3. The third-order valence-corrected chi connectivity index (χ3v) is 2.72. The molecule has 0 saturated heterocycles. The Hall–Kier alpha value is -0.910. The Bertz CT molecular complexity index is 469. The van der Waals surface area contributed by atoms with Crippen molar-refractivity contribution in [1.29, 1.82) is 0 Å². The highest BCUT2D eigenvalue weighted by Gasteiger charge is 2.09. The zero-order valence-electron chi connectivity index (χ0n) is 8.35. The van der Waals surface area contributed by atoms with E-state index < -0.39 is 0 Å². The van der Waals surface area contributed by atoms with Crippen LogP contribution >= 0.6 is 15.9 Å². The van der Waals surface area contributed by atoms with Gasteiger partial charge in [-0.25, -0.2) is 4.98 Å². The van der Waals surface area contributed by atoms with Crippen LogP contribution in [0, 0.1) is 0 Å². The Labute approximate surface area is 96.2 Å². The van der Waals surface area contributed by atoms with E-state index in [1.54, 1.807) is 13.4 Å². The molecule has 1 aromatic carbocycles. The second-order valence-corrected chi connectivity index (χ2v) is 4.22. The first-order chi connectivity index (χ1) is 7.22. The summed E-state index contributed by atoms with van der Waals surface area (Å²) in [6, 6.07) is 5.92. The van der Waals surface area contributed by atoms with E-state index >= 15 is 0 Å². The second kappa shape index (κ2) is 4.30. The predicted octanol–water partition coefficient (Wildman–Crippen LogP) is 1.90. The maximum absolute atomic E-state index is 5.94. The summed E-state index contributed by atoms with van der Waals surface area (Å²) in [5, 5.41) is 0. The molecule has 0 radical (unpaired) electrons. The quantitative estimate of drug-likeness (QED) is 0.926. The number of ether oxygens (including phenoxy) is 1. The highest BCUT2D eigenvalue weighted by atomic mass is 79.9. The molecule has 0 aliphatic rings. The van der Waals surface area contributed by atoms with Gasteiger partial charge in [0.1, 0.15) is 6.17 Å². The van der Waals surface area contributed by atoms with Crippen molar-refractivity contribution in [2.24, 2.45) is 5.73 Å². The second-order valence-electron chi connectivity index (χ2n) is 3.31. The van der Waals surface area contributed by atoms with E-state index in [1.807, 2.05) is 22.8 Å². The normalized spacial score (nSPS) is 13.3. The first-order valence-electron chi connectivity index (χ1n) is 4.59. The van der Waals surface area contributed by atoms with E-state index in [2.05, 4.69) is 20.9 Å². The smallest absolute Gasteiger partial charge is 0.107 e. The molecule has 2 N–H and O–H groups in total. The van der Waals surface area contributed by atoms with Crippen LogP contribution in [0.25, 0.3) is 11.0 Å². The first-order valence-corrected chi connectivity index (χ1v) is 5.38. The molecular formula is C10H12BrN3O. The minimum absolute atomic E-state index is 0.193. The summed E-state index contributed by atoms with van der Waals surface area (Å²) in [5.74, 6) is 0. The SMILES string of the molecule is COC[C@H](N)n1cnc2cc(Br)ccc21. The van der Waals surface area contributed by atoms with Crippen molar-refractivity contribution in [3.8, 4) is 0 Å². The Morgan fingerprint density at radius 1 is 1.60 bits per heavy atom. The van der Waals surface area contributed by atoms with Crippen molar-refractivity contribution in [2.45, 2.75) is 6.17 Å². The van der Waals surface area contributed by atoms with E-state index in [9.17, 15) is 0 Å². The Morgan fingerprint density at radius 2 is 2.40 bits per heavy atom. The summed E-state index contributed by atoms with van der Waals surface area (Å²) in [6.07, 6.45) is 1.54. The fraction of sp³-hybridized carbons (Fsp3) is 0.300. The minimum Gasteiger partial charge on any atom is -0.381 e. The number of rotatable bonds is 3. The van der Waals surface area contributed by atoms with Gasteiger partial charge < -0.3 is 15.0 Å². The first kappa shape index (κ1) is 10.6. The molecular weight excluding hydrogens is 258 g/mol. The van der Waals surface area contributed by atoms with Crippen LogP contribution in [0.5, 0.6) is 0 Å². The van der Waals surface area contributed by atoms with Crippen LogP contribution in [0.15, 0.2) is 29.0 Å². The monoisotopic (exact) mass is 269 g/mol. The van der Waals surface area contributed by atoms with Gasteiger partial charge in [0.2, 0.25) is 0 Å². The summed E-state index contributed by atoms with van der Waals surface area (Å²) >= 11 is 3.40. The largest absolute Gasteiger partial charge is 0.381 e. The third kappa shape index (κ3) is 2.04. The van der Waals surface area contributed by atoms with Gasteiger partial charge in [-0.15, -0.1) is 0 Å². The lowest BCUT2D eigenvalue weighted by Gasteiger charge is -2.12. The van der Waals surface area contributed by atoms with Crippen molar-refractivity contribution in [1.82, 2.24) is 9.55 Å². The third-order valence-electron chi connectivity index (χ3n) is 2.23. The fourth-order valence-electron chi connectivity index (χ4n) is 1.52. The van der Waals surface area contributed by atoms with Crippen LogP contribution in [0.1, 0.15) is 6.17 Å². The van der Waals surface area contributed by atoms with E-state index in [0.29, 0.717) is 6.61 Å². The van der Waals surface area contributed by atoms with Crippen LogP contribution in [-0.2, 0) is 4.74 Å². The molecule has 1 aromatic heterocycles. The molecule has 2 rings (SSSR count). The minimum atomic E-state index is -0.193. The van der Waals surface area contributed by atoms with Gasteiger partial charge in [0.05, 0.1) is 24.0 Å². The summed E-state index contributed by atoms with van der Waals surface area (Å²) in [6.45, 7) is 0.474. The van der Waals surface area contributed by atoms with Gasteiger partial charge in [-0.1, -0.05) is 15.9 Å². The van der Waals surface area contributed by atoms with E-state index in [1.165, 1.54) is 0 Å². The van der Waals surface area contributed by atoms with Crippen LogP contribution in [0.3, 0.4) is 0 Å². The van der Waals surface area contributed by atoms with Gasteiger partial charge in [-0.3, -0.25) is 0 Å². The molecule has 0 aliphatic heterocycles. The molecule has 1 atom stereocenters. The highest BCUT2D eigenvalue weighted by molar-refractivity contribution is 9.10. The zero-order valence-corrected chi connectivity index (χ0v) is 9.94. The van der Waals surface area contributed by atoms with E-state index in [4.69, 9.17) is 10.5 Å². The molecule has 4 nitrogen and oxygen atoms in total. The molecule has 0 saturated carbocycles. The maximum atomic E-state index is 5.94. The molecule has 80 valence electrons. The van der Waals surface area contributed by atoms with Gasteiger partial charge in [-0.2, -0.15) is 0 Å². The molecule has 0 fully saturated rings. The number of methoxy groups -OCH3 is 1. The van der Waals surface area contributed by atoms with E-state index in [0.717, 1.165) is 15.5 Å². The van der Waals surface area contributed by atoms with Crippen molar-refractivity contribution in [2.75, 3.05) is 13.7 Å². The fourth-order valence-corrected chi connectivity index (χ4v) is 1.87. The summed E-state index contributed by atoms with van der Waals surface area (Å²) in [7, 11) is 1.63. The van der Waals surface area contributed by atoms with Crippen LogP contribution < -0.4 is 5.73 Å². The number of benzene rings is 1. The number of nitrogens with two attached hydrogens (primary N) is 1. The predicted molar refractivity (Wildman–Crippen MR) is 62.5 cm³/mol. The molecule has 0 bridgehead atoms. The standard InChI is InChI=1S/C10H12BrN3O/c1-15-5-10(12)14-6-13-8-4-7(11)2-3-9(8)14/h2-4,6,10H,5,12H2,1H3/t10-/m1/s1. The van der Waals surface area contributed by atoms with Crippen LogP contribution in [-0.4, -0.2) is 23.3 Å². The Balaban J connectivity index is 2.44. The average molecular weight is 270 g/mol. The topological polar surface area (TPSA) is 53.1 Å². The molecule has 1 heterocycles. The number of halogens is 1. The number of nitrogens with zero attached hydrogens (tertiary/aromatic N) is 2. The Kier molecular flexibility index (Phi) is 3.04. The van der Waals surface area contributed by atoms with Crippen molar-refractivity contribution < 1.29 is 4.74 Å². The number of hydrogen-bond donors (Lipinski definition) is 1. The highest BCUT2D eigenvalue weighted by Crippen LogP contribution is 2.20. The number of imidazole rings is 1.